The van der Waals surface area contributed by atoms with Crippen LogP contribution < -0.4 is 0 Å². The maximum Gasteiger partial charge on any atom is 0.0843 e. The minimum atomic E-state index is 0.577. The van der Waals surface area contributed by atoms with Gasteiger partial charge >= 0.3 is 0 Å². The summed E-state index contributed by atoms with van der Waals surface area (Å²) in [6.07, 6.45) is 0. The van der Waals surface area contributed by atoms with Gasteiger partial charge in [-0.05, 0) is 46.6 Å². The van der Waals surface area contributed by atoms with Crippen LogP contribution in [0.1, 0.15) is 50.7 Å². The molecule has 0 saturated heterocycles. The van der Waals surface area contributed by atoms with Crippen molar-refractivity contribution >= 4 is 22.4 Å². The van der Waals surface area contributed by atoms with Crippen LogP contribution in [-0.4, -0.2) is 4.37 Å². The van der Waals surface area contributed by atoms with Crippen molar-refractivity contribution in [1.29, 1.82) is 0 Å². The van der Waals surface area contributed by atoms with Gasteiger partial charge in [-0.3, -0.25) is 0 Å². The molecular formula is C13H17NS. The zero-order valence-electron chi connectivity index (χ0n) is 9.74. The molecule has 0 spiro atoms. The summed E-state index contributed by atoms with van der Waals surface area (Å²) >= 11 is 1.54. The fourth-order valence-electron chi connectivity index (χ4n) is 1.95. The Balaban J connectivity index is 2.68. The highest BCUT2D eigenvalue weighted by atomic mass is 32.1. The molecule has 0 amide bonds. The molecule has 0 aliphatic carbocycles. The molecule has 0 N–H and O–H groups in total. The third-order valence-corrected chi connectivity index (χ3v) is 3.47. The predicted octanol–water partition coefficient (Wildman–Crippen LogP) is 4.54. The molecule has 1 aromatic carbocycles. The smallest absolute Gasteiger partial charge is 0.0843 e. The Kier molecular flexibility index (Phi) is 2.79. The summed E-state index contributed by atoms with van der Waals surface area (Å²) in [5, 5.41) is 3.42. The van der Waals surface area contributed by atoms with Gasteiger partial charge in [0, 0.05) is 10.8 Å². The van der Waals surface area contributed by atoms with Crippen LogP contribution in [-0.2, 0) is 0 Å². The summed E-state index contributed by atoms with van der Waals surface area (Å²) in [6.45, 7) is 9.01. The van der Waals surface area contributed by atoms with Crippen molar-refractivity contribution in [1.82, 2.24) is 4.37 Å². The maximum atomic E-state index is 4.40. The molecule has 1 aromatic heterocycles. The quantitative estimate of drug-likeness (QED) is 0.722. The zero-order valence-corrected chi connectivity index (χ0v) is 10.6. The van der Waals surface area contributed by atoms with E-state index in [4.69, 9.17) is 0 Å². The van der Waals surface area contributed by atoms with E-state index in [-0.39, 0.29) is 0 Å². The highest BCUT2D eigenvalue weighted by Crippen LogP contribution is 2.30. The van der Waals surface area contributed by atoms with E-state index < -0.39 is 0 Å². The van der Waals surface area contributed by atoms with Gasteiger partial charge in [-0.1, -0.05) is 27.7 Å². The van der Waals surface area contributed by atoms with Crippen molar-refractivity contribution in [2.24, 2.45) is 0 Å². The molecule has 2 rings (SSSR count). The van der Waals surface area contributed by atoms with Gasteiger partial charge in [0.05, 0.1) is 5.52 Å². The van der Waals surface area contributed by atoms with Gasteiger partial charge in [0.2, 0.25) is 0 Å². The number of rotatable bonds is 2. The molecule has 15 heavy (non-hydrogen) atoms. The van der Waals surface area contributed by atoms with Crippen LogP contribution in [0.25, 0.3) is 10.9 Å². The van der Waals surface area contributed by atoms with E-state index in [1.54, 1.807) is 11.5 Å². The SMILES string of the molecule is CC(C)c1cc2csnc2cc1C(C)C. The van der Waals surface area contributed by atoms with Crippen LogP contribution in [0.15, 0.2) is 17.5 Å². The topological polar surface area (TPSA) is 12.9 Å². The van der Waals surface area contributed by atoms with Crippen molar-refractivity contribution in [3.05, 3.63) is 28.6 Å². The lowest BCUT2D eigenvalue weighted by Crippen LogP contribution is -1.98. The Labute approximate surface area is 95.3 Å². The first-order chi connectivity index (χ1) is 7.09. The standard InChI is InChI=1S/C13H17NS/c1-8(2)11-5-10-7-15-14-13(10)6-12(11)9(3)4/h5-9H,1-4H3. The Hall–Kier alpha value is -0.890. The molecule has 2 aromatic rings. The van der Waals surface area contributed by atoms with Gasteiger partial charge in [0.25, 0.3) is 0 Å². The first-order valence-corrected chi connectivity index (χ1v) is 6.31. The Bertz CT molecular complexity index is 426. The number of hydrogen-bond acceptors (Lipinski definition) is 2. The van der Waals surface area contributed by atoms with Gasteiger partial charge in [0.15, 0.2) is 0 Å². The molecule has 0 fully saturated rings. The summed E-state index contributed by atoms with van der Waals surface area (Å²) in [5.74, 6) is 1.17. The molecule has 0 bridgehead atoms. The summed E-state index contributed by atoms with van der Waals surface area (Å²) < 4.78 is 4.40. The fraction of sp³-hybridized carbons (Fsp3) is 0.462. The predicted molar refractivity (Wildman–Crippen MR) is 67.8 cm³/mol. The number of aromatic nitrogens is 1. The van der Waals surface area contributed by atoms with Crippen molar-refractivity contribution in [2.45, 2.75) is 39.5 Å². The average Bonchev–Trinajstić information content (AvgIpc) is 2.61. The molecule has 0 unspecified atom stereocenters. The number of benzene rings is 1. The largest absolute Gasteiger partial charge is 0.193 e. The highest BCUT2D eigenvalue weighted by Gasteiger charge is 2.12. The van der Waals surface area contributed by atoms with E-state index in [1.165, 1.54) is 16.5 Å². The summed E-state index contributed by atoms with van der Waals surface area (Å²) in [7, 11) is 0. The van der Waals surface area contributed by atoms with Gasteiger partial charge < -0.3 is 0 Å². The van der Waals surface area contributed by atoms with Crippen LogP contribution in [0.3, 0.4) is 0 Å². The Morgan fingerprint density at radius 3 is 2.20 bits per heavy atom. The van der Waals surface area contributed by atoms with E-state index in [0.717, 1.165) is 5.52 Å². The van der Waals surface area contributed by atoms with Crippen LogP contribution >= 0.6 is 11.5 Å². The lowest BCUT2D eigenvalue weighted by atomic mass is 9.90. The average molecular weight is 219 g/mol. The van der Waals surface area contributed by atoms with Crippen molar-refractivity contribution in [2.75, 3.05) is 0 Å². The second kappa shape index (κ2) is 3.93. The highest BCUT2D eigenvalue weighted by molar-refractivity contribution is 7.04. The number of nitrogens with zero attached hydrogens (tertiary/aromatic N) is 1. The van der Waals surface area contributed by atoms with E-state index in [2.05, 4.69) is 49.6 Å². The Morgan fingerprint density at radius 1 is 1.00 bits per heavy atom. The molecule has 0 aliphatic rings. The fourth-order valence-corrected chi connectivity index (χ4v) is 2.58. The molecule has 2 heteroatoms. The minimum Gasteiger partial charge on any atom is -0.193 e. The zero-order chi connectivity index (χ0) is 11.0. The second-order valence-electron chi connectivity index (χ2n) is 4.66. The normalized spacial score (nSPS) is 11.9. The monoisotopic (exact) mass is 219 g/mol. The van der Waals surface area contributed by atoms with Gasteiger partial charge in [-0.25, -0.2) is 0 Å². The van der Waals surface area contributed by atoms with Gasteiger partial charge in [0.1, 0.15) is 0 Å². The van der Waals surface area contributed by atoms with Gasteiger partial charge in [-0.15, -0.1) is 0 Å². The van der Waals surface area contributed by atoms with E-state index in [1.807, 2.05) is 0 Å². The van der Waals surface area contributed by atoms with Crippen LogP contribution in [0.2, 0.25) is 0 Å². The molecule has 80 valence electrons. The minimum absolute atomic E-state index is 0.577. The summed E-state index contributed by atoms with van der Waals surface area (Å²) in [4.78, 5) is 0. The van der Waals surface area contributed by atoms with Crippen LogP contribution in [0.4, 0.5) is 0 Å². The van der Waals surface area contributed by atoms with Gasteiger partial charge in [-0.2, -0.15) is 4.37 Å². The molecule has 1 heterocycles. The first-order valence-electron chi connectivity index (χ1n) is 5.47. The Morgan fingerprint density at radius 2 is 1.60 bits per heavy atom. The van der Waals surface area contributed by atoms with Crippen molar-refractivity contribution in [3.8, 4) is 0 Å². The van der Waals surface area contributed by atoms with E-state index in [0.29, 0.717) is 11.8 Å². The summed E-state index contributed by atoms with van der Waals surface area (Å²) in [5.41, 5.74) is 4.06. The summed E-state index contributed by atoms with van der Waals surface area (Å²) in [6, 6.07) is 4.56. The van der Waals surface area contributed by atoms with Crippen molar-refractivity contribution < 1.29 is 0 Å². The van der Waals surface area contributed by atoms with E-state index >= 15 is 0 Å². The lowest BCUT2D eigenvalue weighted by Gasteiger charge is -2.15. The van der Waals surface area contributed by atoms with Crippen molar-refractivity contribution in [3.63, 3.8) is 0 Å². The lowest BCUT2D eigenvalue weighted by molar-refractivity contribution is 0.793. The molecule has 1 nitrogen and oxygen atoms in total. The molecule has 0 saturated carbocycles. The maximum absolute atomic E-state index is 4.40. The molecule has 0 radical (unpaired) electrons. The number of fused-ring (bicyclic) bond motifs is 1. The van der Waals surface area contributed by atoms with Crippen LogP contribution in [0, 0.1) is 0 Å². The molecule has 0 aliphatic heterocycles. The first kappa shape index (κ1) is 10.6. The molecule has 0 atom stereocenters. The van der Waals surface area contributed by atoms with E-state index in [9.17, 15) is 0 Å². The third-order valence-electron chi connectivity index (χ3n) is 2.81. The van der Waals surface area contributed by atoms with Crippen LogP contribution in [0.5, 0.6) is 0 Å². The second-order valence-corrected chi connectivity index (χ2v) is 5.29. The molecular weight excluding hydrogens is 202 g/mol. The third kappa shape index (κ3) is 1.91. The number of hydrogen-bond donors (Lipinski definition) is 0.